The van der Waals surface area contributed by atoms with Crippen molar-refractivity contribution in [2.45, 2.75) is 33.0 Å². The van der Waals surface area contributed by atoms with E-state index in [-0.39, 0.29) is 0 Å². The Labute approximate surface area is 104 Å². The molecule has 94 valence electrons. The van der Waals surface area contributed by atoms with Crippen molar-refractivity contribution in [2.24, 2.45) is 0 Å². The third-order valence-corrected chi connectivity index (χ3v) is 3.26. The van der Waals surface area contributed by atoms with E-state index in [0.29, 0.717) is 12.2 Å². The summed E-state index contributed by atoms with van der Waals surface area (Å²) in [5, 5.41) is 3.20. The summed E-state index contributed by atoms with van der Waals surface area (Å²) in [6, 6.07) is 6.58. The molecule has 1 unspecified atom stereocenters. The lowest BCUT2D eigenvalue weighted by Gasteiger charge is -2.37. The highest BCUT2D eigenvalue weighted by molar-refractivity contribution is 5.60. The van der Waals surface area contributed by atoms with E-state index in [1.165, 1.54) is 16.9 Å². The van der Waals surface area contributed by atoms with Gasteiger partial charge < -0.3 is 15.0 Å². The van der Waals surface area contributed by atoms with Crippen molar-refractivity contribution in [2.75, 3.05) is 30.4 Å². The van der Waals surface area contributed by atoms with Gasteiger partial charge in [0.2, 0.25) is 0 Å². The van der Waals surface area contributed by atoms with Crippen LogP contribution in [-0.2, 0) is 4.74 Å². The van der Waals surface area contributed by atoms with Gasteiger partial charge in [-0.3, -0.25) is 0 Å². The highest BCUT2D eigenvalue weighted by atomic mass is 16.5. The van der Waals surface area contributed by atoms with Crippen molar-refractivity contribution in [1.82, 2.24) is 0 Å². The van der Waals surface area contributed by atoms with Crippen LogP contribution in [0.2, 0.25) is 0 Å². The van der Waals surface area contributed by atoms with E-state index < -0.39 is 0 Å². The zero-order valence-corrected chi connectivity index (χ0v) is 11.2. The third-order valence-electron chi connectivity index (χ3n) is 3.26. The van der Waals surface area contributed by atoms with Crippen molar-refractivity contribution < 1.29 is 4.74 Å². The molecule has 1 N–H and O–H groups in total. The summed E-state index contributed by atoms with van der Waals surface area (Å²) in [6.07, 6.45) is 0.617. The highest BCUT2D eigenvalue weighted by Crippen LogP contribution is 2.25. The smallest absolute Gasteiger partial charge is 0.0726 e. The first-order chi connectivity index (χ1) is 8.10. The van der Waals surface area contributed by atoms with Crippen LogP contribution in [0.3, 0.4) is 0 Å². The van der Waals surface area contributed by atoms with Crippen LogP contribution in [0.15, 0.2) is 18.2 Å². The average molecular weight is 234 g/mol. The van der Waals surface area contributed by atoms with Crippen LogP contribution in [0.5, 0.6) is 0 Å². The lowest BCUT2D eigenvalue weighted by atomic mass is 10.1. The second-order valence-corrected chi connectivity index (χ2v) is 4.91. The normalized spacial score (nSPS) is 24.8. The zero-order chi connectivity index (χ0) is 12.4. The van der Waals surface area contributed by atoms with Crippen LogP contribution in [0.4, 0.5) is 11.4 Å². The number of rotatable bonds is 2. The van der Waals surface area contributed by atoms with Gasteiger partial charge in [-0.05, 0) is 44.5 Å². The largest absolute Gasteiger partial charge is 0.388 e. The number of nitrogens with one attached hydrogen (secondary N) is 1. The Morgan fingerprint density at radius 1 is 1.24 bits per heavy atom. The number of nitrogens with zero attached hydrogens (tertiary/aromatic N) is 1. The number of ether oxygens (including phenoxy) is 1. The number of hydrogen-bond acceptors (Lipinski definition) is 3. The molecule has 1 heterocycles. The molecule has 0 amide bonds. The van der Waals surface area contributed by atoms with E-state index in [9.17, 15) is 0 Å². The van der Waals surface area contributed by atoms with Crippen molar-refractivity contribution in [3.63, 3.8) is 0 Å². The molecule has 1 aromatic carbocycles. The van der Waals surface area contributed by atoms with E-state index >= 15 is 0 Å². The summed E-state index contributed by atoms with van der Waals surface area (Å²) < 4.78 is 5.76. The Morgan fingerprint density at radius 2 is 1.88 bits per heavy atom. The first-order valence-corrected chi connectivity index (χ1v) is 6.29. The Kier molecular flexibility index (Phi) is 3.57. The highest BCUT2D eigenvalue weighted by Gasteiger charge is 2.22. The Hall–Kier alpha value is -1.22. The van der Waals surface area contributed by atoms with Crippen LogP contribution in [0.1, 0.15) is 19.4 Å². The molecule has 1 aliphatic rings. The summed E-state index contributed by atoms with van der Waals surface area (Å²) in [4.78, 5) is 2.41. The van der Waals surface area contributed by atoms with Gasteiger partial charge in [0, 0.05) is 31.5 Å². The summed E-state index contributed by atoms with van der Waals surface area (Å²) in [6.45, 7) is 8.36. The van der Waals surface area contributed by atoms with Crippen LogP contribution < -0.4 is 10.2 Å². The van der Waals surface area contributed by atoms with Crippen molar-refractivity contribution >= 4 is 11.4 Å². The van der Waals surface area contributed by atoms with Gasteiger partial charge >= 0.3 is 0 Å². The Morgan fingerprint density at radius 3 is 2.41 bits per heavy atom. The van der Waals surface area contributed by atoms with Crippen molar-refractivity contribution in [1.29, 1.82) is 0 Å². The van der Waals surface area contributed by atoms with Gasteiger partial charge in [-0.1, -0.05) is 0 Å². The lowest BCUT2D eigenvalue weighted by molar-refractivity contribution is -0.00521. The SMILES string of the molecule is CNc1ccc(N2CC(C)O[C@H](C)C2)cc1C. The molecule has 0 aliphatic carbocycles. The van der Waals surface area contributed by atoms with Gasteiger partial charge in [-0.15, -0.1) is 0 Å². The fraction of sp³-hybridized carbons (Fsp3) is 0.571. The number of aryl methyl sites for hydroxylation is 1. The molecular weight excluding hydrogens is 212 g/mol. The fourth-order valence-electron chi connectivity index (χ4n) is 2.51. The topological polar surface area (TPSA) is 24.5 Å². The maximum absolute atomic E-state index is 5.76. The minimum absolute atomic E-state index is 0.308. The van der Waals surface area contributed by atoms with Gasteiger partial charge in [0.25, 0.3) is 0 Å². The molecule has 0 aromatic heterocycles. The minimum atomic E-state index is 0.308. The maximum Gasteiger partial charge on any atom is 0.0726 e. The molecule has 2 rings (SSSR count). The number of benzene rings is 1. The third kappa shape index (κ3) is 2.72. The summed E-state index contributed by atoms with van der Waals surface area (Å²) in [7, 11) is 1.96. The Balaban J connectivity index is 2.19. The second-order valence-electron chi connectivity index (χ2n) is 4.91. The number of morpholine rings is 1. The minimum Gasteiger partial charge on any atom is -0.388 e. The van der Waals surface area contributed by atoms with Crippen LogP contribution >= 0.6 is 0 Å². The van der Waals surface area contributed by atoms with Gasteiger partial charge in [0.15, 0.2) is 0 Å². The molecule has 17 heavy (non-hydrogen) atoms. The zero-order valence-electron chi connectivity index (χ0n) is 11.2. The van der Waals surface area contributed by atoms with Gasteiger partial charge in [0.1, 0.15) is 0 Å². The van der Waals surface area contributed by atoms with Crippen LogP contribution in [-0.4, -0.2) is 32.3 Å². The fourth-order valence-corrected chi connectivity index (χ4v) is 2.51. The summed E-state index contributed by atoms with van der Waals surface area (Å²) in [5.41, 5.74) is 3.78. The Bertz CT molecular complexity index is 382. The van der Waals surface area contributed by atoms with Gasteiger partial charge in [-0.2, -0.15) is 0 Å². The molecule has 3 nitrogen and oxygen atoms in total. The van der Waals surface area contributed by atoms with Crippen molar-refractivity contribution in [3.8, 4) is 0 Å². The van der Waals surface area contributed by atoms with E-state index in [1.54, 1.807) is 0 Å². The van der Waals surface area contributed by atoms with E-state index in [1.807, 2.05) is 7.05 Å². The number of anilines is 2. The first-order valence-electron chi connectivity index (χ1n) is 6.29. The summed E-state index contributed by atoms with van der Waals surface area (Å²) in [5.74, 6) is 0. The quantitative estimate of drug-likeness (QED) is 0.851. The van der Waals surface area contributed by atoms with E-state index in [0.717, 1.165) is 13.1 Å². The van der Waals surface area contributed by atoms with E-state index in [2.05, 4.69) is 49.2 Å². The first kappa shape index (κ1) is 12.2. The molecule has 0 bridgehead atoms. The molecular formula is C14H22N2O. The lowest BCUT2D eigenvalue weighted by Crippen LogP contribution is -2.45. The molecule has 3 heteroatoms. The molecule has 1 fully saturated rings. The molecule has 1 aromatic rings. The van der Waals surface area contributed by atoms with Crippen LogP contribution in [0, 0.1) is 6.92 Å². The molecule has 2 atom stereocenters. The molecule has 1 saturated heterocycles. The van der Waals surface area contributed by atoms with E-state index in [4.69, 9.17) is 4.74 Å². The predicted octanol–water partition coefficient (Wildman–Crippen LogP) is 2.65. The van der Waals surface area contributed by atoms with Crippen LogP contribution in [0.25, 0.3) is 0 Å². The molecule has 1 aliphatic heterocycles. The monoisotopic (exact) mass is 234 g/mol. The molecule has 0 spiro atoms. The predicted molar refractivity (Wildman–Crippen MR) is 72.9 cm³/mol. The van der Waals surface area contributed by atoms with Crippen molar-refractivity contribution in [3.05, 3.63) is 23.8 Å². The van der Waals surface area contributed by atoms with Gasteiger partial charge in [-0.25, -0.2) is 0 Å². The second kappa shape index (κ2) is 4.96. The number of hydrogen-bond donors (Lipinski definition) is 1. The molecule has 0 radical (unpaired) electrons. The maximum atomic E-state index is 5.76. The average Bonchev–Trinajstić information content (AvgIpc) is 2.27. The summed E-state index contributed by atoms with van der Waals surface area (Å²) >= 11 is 0. The molecule has 0 saturated carbocycles. The van der Waals surface area contributed by atoms with Gasteiger partial charge in [0.05, 0.1) is 12.2 Å². The standard InChI is InChI=1S/C14H22N2O/c1-10-7-13(5-6-14(10)15-4)16-8-11(2)17-12(3)9-16/h5-7,11-12,15H,8-9H2,1-4H3/t11-,12?/m1/s1.